The second-order valence-corrected chi connectivity index (χ2v) is 7.45. The number of nitrogen functional groups attached to an aromatic ring is 1. The van der Waals surface area contributed by atoms with Crippen molar-refractivity contribution in [3.05, 3.63) is 33.5 Å². The number of nitrogens with one attached hydrogen (secondary N) is 1. The van der Waals surface area contributed by atoms with Crippen LogP contribution in [-0.4, -0.2) is 19.7 Å². The molecule has 0 amide bonds. The van der Waals surface area contributed by atoms with E-state index in [1.54, 1.807) is 4.68 Å². The number of hydrogen-bond acceptors (Lipinski definition) is 3. The minimum Gasteiger partial charge on any atom is -0.383 e. The van der Waals surface area contributed by atoms with Gasteiger partial charge in [0.2, 0.25) is 5.95 Å². The number of H-pyrrole nitrogens is 1. The van der Waals surface area contributed by atoms with Crippen molar-refractivity contribution in [3.8, 4) is 5.95 Å². The first kappa shape index (κ1) is 14.4. The summed E-state index contributed by atoms with van der Waals surface area (Å²) in [6, 6.07) is 7.91. The number of nitrogens with zero attached hydrogens (tertiary/aromatic N) is 3. The highest BCUT2D eigenvalue weighted by atomic mass is 127. The fourth-order valence-corrected chi connectivity index (χ4v) is 2.80. The van der Waals surface area contributed by atoms with Gasteiger partial charge in [0.25, 0.3) is 0 Å². The second kappa shape index (κ2) is 5.01. The van der Waals surface area contributed by atoms with Crippen LogP contribution in [0.3, 0.4) is 0 Å². The quantitative estimate of drug-likeness (QED) is 0.653. The van der Waals surface area contributed by atoms with Crippen LogP contribution in [0.4, 0.5) is 5.82 Å². The van der Waals surface area contributed by atoms with Gasteiger partial charge >= 0.3 is 0 Å². The zero-order chi connectivity index (χ0) is 15.2. The summed E-state index contributed by atoms with van der Waals surface area (Å²) in [6.07, 6.45) is 0.878. The number of anilines is 1. The van der Waals surface area contributed by atoms with E-state index in [0.29, 0.717) is 11.8 Å². The van der Waals surface area contributed by atoms with Crippen LogP contribution in [0.1, 0.15) is 26.5 Å². The summed E-state index contributed by atoms with van der Waals surface area (Å²) in [4.78, 5) is 7.82. The van der Waals surface area contributed by atoms with E-state index in [2.05, 4.69) is 58.4 Å². The van der Waals surface area contributed by atoms with Gasteiger partial charge < -0.3 is 10.7 Å². The Morgan fingerprint density at radius 3 is 2.67 bits per heavy atom. The first-order valence-corrected chi connectivity index (χ1v) is 7.91. The van der Waals surface area contributed by atoms with Crippen LogP contribution >= 0.6 is 22.6 Å². The van der Waals surface area contributed by atoms with Gasteiger partial charge in [-0.3, -0.25) is 0 Å². The molecule has 0 bridgehead atoms. The van der Waals surface area contributed by atoms with Crippen LogP contribution in [-0.2, 0) is 6.42 Å². The Balaban J connectivity index is 2.08. The van der Waals surface area contributed by atoms with Crippen molar-refractivity contribution in [2.45, 2.75) is 27.2 Å². The molecule has 0 fully saturated rings. The number of halogens is 1. The summed E-state index contributed by atoms with van der Waals surface area (Å²) in [5.74, 6) is 1.29. The normalized spacial score (nSPS) is 12.2. The molecule has 0 aliphatic heterocycles. The minimum atomic E-state index is 0.166. The molecule has 110 valence electrons. The Morgan fingerprint density at radius 1 is 1.29 bits per heavy atom. The molecular formula is C15H18IN5. The molecule has 3 N–H and O–H groups in total. The first-order chi connectivity index (χ1) is 9.85. The molecule has 0 radical (unpaired) electrons. The van der Waals surface area contributed by atoms with Crippen molar-refractivity contribution >= 4 is 39.4 Å². The Morgan fingerprint density at radius 2 is 2.00 bits per heavy atom. The van der Waals surface area contributed by atoms with E-state index in [-0.39, 0.29) is 5.41 Å². The summed E-state index contributed by atoms with van der Waals surface area (Å²) >= 11 is 2.26. The molecule has 0 spiro atoms. The molecule has 1 aromatic carbocycles. The number of imidazole rings is 1. The fourth-order valence-electron chi connectivity index (χ4n) is 2.28. The molecule has 3 aromatic rings. The van der Waals surface area contributed by atoms with E-state index in [0.717, 1.165) is 26.7 Å². The number of aromatic nitrogens is 4. The van der Waals surface area contributed by atoms with E-state index in [9.17, 15) is 0 Å². The van der Waals surface area contributed by atoms with Gasteiger partial charge in [-0.15, -0.1) is 0 Å². The lowest BCUT2D eigenvalue weighted by Gasteiger charge is -2.16. The Kier molecular flexibility index (Phi) is 3.43. The van der Waals surface area contributed by atoms with Gasteiger partial charge in [0.05, 0.1) is 20.3 Å². The smallest absolute Gasteiger partial charge is 0.231 e. The number of fused-ring (bicyclic) bond motifs is 1. The molecule has 21 heavy (non-hydrogen) atoms. The average molecular weight is 395 g/mol. The molecule has 3 rings (SSSR count). The van der Waals surface area contributed by atoms with Crippen molar-refractivity contribution in [1.82, 2.24) is 19.7 Å². The summed E-state index contributed by atoms with van der Waals surface area (Å²) in [6.45, 7) is 6.58. The van der Waals surface area contributed by atoms with Crippen LogP contribution in [0.25, 0.3) is 17.0 Å². The number of nitrogens with two attached hydrogens (primary N) is 1. The van der Waals surface area contributed by atoms with Crippen LogP contribution in [0, 0.1) is 8.99 Å². The molecule has 0 unspecified atom stereocenters. The van der Waals surface area contributed by atoms with Crippen molar-refractivity contribution < 1.29 is 0 Å². The van der Waals surface area contributed by atoms with E-state index in [1.165, 1.54) is 0 Å². The number of benzene rings is 1. The van der Waals surface area contributed by atoms with E-state index >= 15 is 0 Å². The monoisotopic (exact) mass is 395 g/mol. The van der Waals surface area contributed by atoms with Crippen LogP contribution in [0.5, 0.6) is 0 Å². The third-order valence-electron chi connectivity index (χ3n) is 3.20. The SMILES string of the molecule is CC(C)(C)Cc1nn(-c2nc3ccccc3[nH]2)c(N)c1I. The Bertz CT molecular complexity index is 761. The van der Waals surface area contributed by atoms with Crippen molar-refractivity contribution in [1.29, 1.82) is 0 Å². The first-order valence-electron chi connectivity index (χ1n) is 6.83. The van der Waals surface area contributed by atoms with Crippen LogP contribution < -0.4 is 5.73 Å². The third-order valence-corrected chi connectivity index (χ3v) is 4.38. The van der Waals surface area contributed by atoms with Crippen LogP contribution in [0.15, 0.2) is 24.3 Å². The van der Waals surface area contributed by atoms with Crippen molar-refractivity contribution in [2.24, 2.45) is 5.41 Å². The number of para-hydroxylation sites is 2. The molecule has 0 aliphatic rings. The third kappa shape index (κ3) is 2.76. The summed E-state index contributed by atoms with van der Waals surface area (Å²) in [5.41, 5.74) is 9.28. The zero-order valence-corrected chi connectivity index (χ0v) is 14.5. The van der Waals surface area contributed by atoms with E-state index in [4.69, 9.17) is 5.73 Å². The number of hydrogen-bond donors (Lipinski definition) is 2. The summed E-state index contributed by atoms with van der Waals surface area (Å²) < 4.78 is 2.70. The molecule has 6 heteroatoms. The van der Waals surface area contributed by atoms with Gasteiger partial charge in [-0.2, -0.15) is 9.78 Å². The molecule has 5 nitrogen and oxygen atoms in total. The van der Waals surface area contributed by atoms with Gasteiger partial charge in [0.15, 0.2) is 0 Å². The van der Waals surface area contributed by atoms with Crippen molar-refractivity contribution in [2.75, 3.05) is 5.73 Å². The molecule has 2 heterocycles. The van der Waals surface area contributed by atoms with Gasteiger partial charge in [-0.25, -0.2) is 4.98 Å². The van der Waals surface area contributed by atoms with E-state index < -0.39 is 0 Å². The zero-order valence-electron chi connectivity index (χ0n) is 12.3. The molecule has 0 atom stereocenters. The van der Waals surface area contributed by atoms with Gasteiger partial charge in [0, 0.05) is 0 Å². The summed E-state index contributed by atoms with van der Waals surface area (Å²) in [5, 5.41) is 4.65. The maximum absolute atomic E-state index is 6.21. The molecule has 0 saturated carbocycles. The topological polar surface area (TPSA) is 72.5 Å². The van der Waals surface area contributed by atoms with Gasteiger partial charge in [0.1, 0.15) is 5.82 Å². The van der Waals surface area contributed by atoms with Crippen molar-refractivity contribution in [3.63, 3.8) is 0 Å². The molecular weight excluding hydrogens is 377 g/mol. The standard InChI is InChI=1S/C15H18IN5/c1-15(2,3)8-11-12(16)13(17)21(20-11)14-18-9-6-4-5-7-10(9)19-14/h4-7H,8,17H2,1-3H3,(H,18,19). The second-order valence-electron chi connectivity index (χ2n) is 6.37. The average Bonchev–Trinajstić information content (AvgIpc) is 2.93. The van der Waals surface area contributed by atoms with Gasteiger partial charge in [-0.05, 0) is 46.6 Å². The minimum absolute atomic E-state index is 0.166. The maximum Gasteiger partial charge on any atom is 0.231 e. The highest BCUT2D eigenvalue weighted by Gasteiger charge is 2.21. The highest BCUT2D eigenvalue weighted by Crippen LogP contribution is 2.28. The lowest BCUT2D eigenvalue weighted by Crippen LogP contribution is -2.11. The predicted octanol–water partition coefficient (Wildman–Crippen LogP) is 3.52. The Labute approximate surface area is 137 Å². The van der Waals surface area contributed by atoms with Gasteiger partial charge in [-0.1, -0.05) is 32.9 Å². The summed E-state index contributed by atoms with van der Waals surface area (Å²) in [7, 11) is 0. The lowest BCUT2D eigenvalue weighted by atomic mass is 9.91. The number of aromatic amines is 1. The van der Waals surface area contributed by atoms with Crippen LogP contribution in [0.2, 0.25) is 0 Å². The maximum atomic E-state index is 6.21. The highest BCUT2D eigenvalue weighted by molar-refractivity contribution is 14.1. The predicted molar refractivity (Wildman–Crippen MR) is 93.5 cm³/mol. The molecule has 2 aromatic heterocycles. The largest absolute Gasteiger partial charge is 0.383 e. The van der Waals surface area contributed by atoms with E-state index in [1.807, 2.05) is 24.3 Å². The molecule has 0 aliphatic carbocycles. The number of rotatable bonds is 2. The fraction of sp³-hybridized carbons (Fsp3) is 0.333. The molecule has 0 saturated heterocycles. The lowest BCUT2D eigenvalue weighted by molar-refractivity contribution is 0.404. The Hall–Kier alpha value is -1.57.